The normalized spacial score (nSPS) is 12.2. The zero-order chi connectivity index (χ0) is 32.5. The van der Waals surface area contributed by atoms with Gasteiger partial charge in [-0.1, -0.05) is 19.1 Å². The molecule has 3 rings (SSSR count). The van der Waals surface area contributed by atoms with Crippen molar-refractivity contribution in [1.29, 1.82) is 0 Å². The number of hydrogen-bond acceptors (Lipinski definition) is 7. The SMILES string of the molecule is CCOc1ccc(N(CC(=O)N(Cc2ccc(OC)cc2)C(CC)C(=O)NC(C)(C)C)S(=O)(=O)c2ccc(SC)cc2)cc1. The third-order valence-corrected chi connectivity index (χ3v) is 9.29. The van der Waals surface area contributed by atoms with E-state index < -0.39 is 34.1 Å². The topological polar surface area (TPSA) is 105 Å². The van der Waals surface area contributed by atoms with Crippen LogP contribution in [-0.2, 0) is 26.2 Å². The van der Waals surface area contributed by atoms with Crippen molar-refractivity contribution in [2.75, 3.05) is 30.8 Å². The van der Waals surface area contributed by atoms with Crippen LogP contribution in [-0.4, -0.2) is 63.2 Å². The first-order chi connectivity index (χ1) is 20.8. The predicted molar refractivity (Wildman–Crippen MR) is 176 cm³/mol. The van der Waals surface area contributed by atoms with Crippen LogP contribution in [0.25, 0.3) is 0 Å². The summed E-state index contributed by atoms with van der Waals surface area (Å²) >= 11 is 1.50. The maximum atomic E-state index is 14.3. The molecule has 0 bridgehead atoms. The Morgan fingerprint density at radius 2 is 1.50 bits per heavy atom. The van der Waals surface area contributed by atoms with Gasteiger partial charge in [0.2, 0.25) is 11.8 Å². The van der Waals surface area contributed by atoms with Crippen LogP contribution in [0.2, 0.25) is 0 Å². The van der Waals surface area contributed by atoms with Crippen molar-refractivity contribution in [3.05, 3.63) is 78.4 Å². The molecule has 0 heterocycles. The first-order valence-corrected chi connectivity index (χ1v) is 17.1. The lowest BCUT2D eigenvalue weighted by atomic mass is 10.1. The van der Waals surface area contributed by atoms with E-state index in [1.165, 1.54) is 28.8 Å². The van der Waals surface area contributed by atoms with Crippen molar-refractivity contribution < 1.29 is 27.5 Å². The molecule has 1 unspecified atom stereocenters. The minimum absolute atomic E-state index is 0.0520. The molecule has 1 N–H and O–H groups in total. The van der Waals surface area contributed by atoms with E-state index in [2.05, 4.69) is 5.32 Å². The molecule has 1 atom stereocenters. The van der Waals surface area contributed by atoms with Gasteiger partial charge in [-0.25, -0.2) is 8.42 Å². The Morgan fingerprint density at radius 1 is 0.909 bits per heavy atom. The molecular weight excluding hydrogens is 599 g/mol. The molecule has 0 spiro atoms. The Bertz CT molecular complexity index is 1490. The van der Waals surface area contributed by atoms with Crippen LogP contribution in [0, 0.1) is 0 Å². The molecule has 0 aromatic heterocycles. The molecular formula is C33H43N3O6S2. The van der Waals surface area contributed by atoms with Crippen LogP contribution in [0.5, 0.6) is 11.5 Å². The van der Waals surface area contributed by atoms with Gasteiger partial charge < -0.3 is 19.7 Å². The van der Waals surface area contributed by atoms with Crippen LogP contribution < -0.4 is 19.1 Å². The smallest absolute Gasteiger partial charge is 0.264 e. The van der Waals surface area contributed by atoms with Crippen molar-refractivity contribution in [2.45, 2.75) is 69.0 Å². The highest BCUT2D eigenvalue weighted by Crippen LogP contribution is 2.28. The highest BCUT2D eigenvalue weighted by molar-refractivity contribution is 7.98. The average molecular weight is 642 g/mol. The number of ether oxygens (including phenoxy) is 2. The van der Waals surface area contributed by atoms with Crippen molar-refractivity contribution >= 4 is 39.3 Å². The number of nitrogens with zero attached hydrogens (tertiary/aromatic N) is 2. The number of hydrogen-bond donors (Lipinski definition) is 1. The monoisotopic (exact) mass is 641 g/mol. The maximum absolute atomic E-state index is 14.3. The Morgan fingerprint density at radius 3 is 2.00 bits per heavy atom. The number of thioether (sulfide) groups is 1. The number of amides is 2. The number of benzene rings is 3. The molecule has 9 nitrogen and oxygen atoms in total. The third kappa shape index (κ3) is 9.15. The molecule has 238 valence electrons. The summed E-state index contributed by atoms with van der Waals surface area (Å²) in [5.74, 6) is 0.402. The zero-order valence-corrected chi connectivity index (χ0v) is 28.1. The summed E-state index contributed by atoms with van der Waals surface area (Å²) in [7, 11) is -2.61. The van der Waals surface area contributed by atoms with Crippen LogP contribution in [0.1, 0.15) is 46.6 Å². The van der Waals surface area contributed by atoms with Crippen LogP contribution >= 0.6 is 11.8 Å². The van der Waals surface area contributed by atoms with E-state index in [0.29, 0.717) is 30.2 Å². The summed E-state index contributed by atoms with van der Waals surface area (Å²) in [5.41, 5.74) is 0.538. The van der Waals surface area contributed by atoms with Gasteiger partial charge in [0.05, 0.1) is 24.3 Å². The summed E-state index contributed by atoms with van der Waals surface area (Å²) < 4.78 is 40.1. The number of rotatable bonds is 14. The summed E-state index contributed by atoms with van der Waals surface area (Å²) in [6.07, 6.45) is 2.24. The van der Waals surface area contributed by atoms with Gasteiger partial charge in [0, 0.05) is 17.0 Å². The van der Waals surface area contributed by atoms with Crippen molar-refractivity contribution in [3.8, 4) is 11.5 Å². The third-order valence-electron chi connectivity index (χ3n) is 6.76. The van der Waals surface area contributed by atoms with E-state index in [1.54, 1.807) is 55.6 Å². The van der Waals surface area contributed by atoms with Gasteiger partial charge in [-0.3, -0.25) is 13.9 Å². The van der Waals surface area contributed by atoms with Crippen LogP contribution in [0.4, 0.5) is 5.69 Å². The standard InChI is InChI=1S/C33H43N3O6S2/c1-8-30(32(38)34-33(3,4)5)35(22-24-10-14-26(41-6)15-11-24)31(37)23-36(25-12-16-27(17-13-25)42-9-2)44(39,40)29-20-18-28(43-7)19-21-29/h10-21,30H,8-9,22-23H2,1-7H3,(H,34,38). The Hall–Kier alpha value is -3.70. The summed E-state index contributed by atoms with van der Waals surface area (Å²) in [4.78, 5) is 30.2. The summed E-state index contributed by atoms with van der Waals surface area (Å²) in [5, 5.41) is 2.98. The second-order valence-corrected chi connectivity index (χ2v) is 13.9. The molecule has 11 heteroatoms. The lowest BCUT2D eigenvalue weighted by Gasteiger charge is -2.34. The van der Waals surface area contributed by atoms with Gasteiger partial charge in [0.25, 0.3) is 10.0 Å². The average Bonchev–Trinajstić information content (AvgIpc) is 2.99. The first kappa shape index (κ1) is 34.8. The number of sulfonamides is 1. The molecule has 0 saturated heterocycles. The molecule has 0 aliphatic heterocycles. The number of carbonyl (C=O) groups excluding carboxylic acids is 2. The second kappa shape index (κ2) is 15.3. The van der Waals surface area contributed by atoms with E-state index in [0.717, 1.165) is 14.8 Å². The molecule has 2 amide bonds. The zero-order valence-electron chi connectivity index (χ0n) is 26.5. The fourth-order valence-corrected chi connectivity index (χ4v) is 6.40. The molecule has 0 fully saturated rings. The number of anilines is 1. The largest absolute Gasteiger partial charge is 0.497 e. The fourth-order valence-electron chi connectivity index (χ4n) is 4.58. The van der Waals surface area contributed by atoms with Crippen LogP contribution in [0.15, 0.2) is 82.6 Å². The van der Waals surface area contributed by atoms with Gasteiger partial charge in [-0.05, 0) is 107 Å². The van der Waals surface area contributed by atoms with E-state index in [9.17, 15) is 18.0 Å². The minimum atomic E-state index is -4.18. The Kier molecular flexibility index (Phi) is 12.1. The molecule has 3 aromatic rings. The van der Waals surface area contributed by atoms with E-state index >= 15 is 0 Å². The van der Waals surface area contributed by atoms with Gasteiger partial charge in [0.1, 0.15) is 24.1 Å². The molecule has 0 aliphatic carbocycles. The van der Waals surface area contributed by atoms with Gasteiger partial charge in [-0.2, -0.15) is 0 Å². The molecule has 44 heavy (non-hydrogen) atoms. The maximum Gasteiger partial charge on any atom is 0.264 e. The van der Waals surface area contributed by atoms with Gasteiger partial charge >= 0.3 is 0 Å². The van der Waals surface area contributed by atoms with E-state index in [4.69, 9.17) is 9.47 Å². The Balaban J connectivity index is 2.07. The Labute approximate surface area is 266 Å². The lowest BCUT2D eigenvalue weighted by Crippen LogP contribution is -2.55. The fraction of sp³-hybridized carbons (Fsp3) is 0.394. The van der Waals surface area contributed by atoms with Crippen molar-refractivity contribution in [3.63, 3.8) is 0 Å². The number of methoxy groups -OCH3 is 1. The first-order valence-electron chi connectivity index (χ1n) is 14.5. The second-order valence-electron chi connectivity index (χ2n) is 11.1. The van der Waals surface area contributed by atoms with E-state index in [-0.39, 0.29) is 17.3 Å². The van der Waals surface area contributed by atoms with Crippen LogP contribution in [0.3, 0.4) is 0 Å². The van der Waals surface area contributed by atoms with Crippen molar-refractivity contribution in [2.24, 2.45) is 0 Å². The van der Waals surface area contributed by atoms with E-state index in [1.807, 2.05) is 53.0 Å². The lowest BCUT2D eigenvalue weighted by molar-refractivity contribution is -0.141. The number of nitrogens with one attached hydrogen (secondary N) is 1. The van der Waals surface area contributed by atoms with Gasteiger partial charge in [0.15, 0.2) is 0 Å². The molecule has 3 aromatic carbocycles. The summed E-state index contributed by atoms with van der Waals surface area (Å²) in [6, 6.07) is 19.5. The van der Waals surface area contributed by atoms with Gasteiger partial charge in [-0.15, -0.1) is 11.8 Å². The quantitative estimate of drug-likeness (QED) is 0.224. The highest BCUT2D eigenvalue weighted by atomic mass is 32.2. The molecule has 0 saturated carbocycles. The number of carbonyl (C=O) groups is 2. The molecule has 0 radical (unpaired) electrons. The molecule has 0 aliphatic rings. The predicted octanol–water partition coefficient (Wildman–Crippen LogP) is 5.73. The highest BCUT2D eigenvalue weighted by Gasteiger charge is 2.34. The summed E-state index contributed by atoms with van der Waals surface area (Å²) in [6.45, 7) is 9.33. The minimum Gasteiger partial charge on any atom is -0.497 e. The van der Waals surface area contributed by atoms with Crippen molar-refractivity contribution in [1.82, 2.24) is 10.2 Å².